The molecule has 0 saturated carbocycles. The molecular formula is C74H148NO8P. The van der Waals surface area contributed by atoms with Crippen molar-refractivity contribution in [1.29, 1.82) is 0 Å². The van der Waals surface area contributed by atoms with Crippen molar-refractivity contribution in [3.05, 3.63) is 0 Å². The van der Waals surface area contributed by atoms with E-state index >= 15 is 0 Å². The van der Waals surface area contributed by atoms with E-state index in [1.54, 1.807) is 0 Å². The van der Waals surface area contributed by atoms with Crippen LogP contribution in [0.15, 0.2) is 0 Å². The summed E-state index contributed by atoms with van der Waals surface area (Å²) in [7, 11) is 1.20. The Morgan fingerprint density at radius 3 is 0.762 bits per heavy atom. The topological polar surface area (TPSA) is 111 Å². The van der Waals surface area contributed by atoms with E-state index in [1.165, 1.54) is 347 Å². The standard InChI is InChI=1S/C74H148NO8P/c1-6-8-10-12-14-16-18-20-22-24-26-28-30-32-34-36-38-40-42-44-46-48-50-52-54-56-58-60-62-64-66-73(76)80-70-72(71-82-84(78,79)81-69-68-75(3,4)5)83-74(77)67-65-63-61-59-57-55-53-51-49-47-45-43-41-39-37-35-33-31-29-27-25-23-21-19-17-15-13-11-9-7-2/h72H,6-71H2,1-5H3/t72-/m1/s1. The van der Waals surface area contributed by atoms with Gasteiger partial charge in [-0.15, -0.1) is 0 Å². The fraction of sp³-hybridized carbons (Fsp3) is 0.973. The van der Waals surface area contributed by atoms with Gasteiger partial charge in [0.2, 0.25) is 0 Å². The molecule has 10 heteroatoms. The highest BCUT2D eigenvalue weighted by Gasteiger charge is 2.22. The van der Waals surface area contributed by atoms with E-state index < -0.39 is 26.5 Å². The lowest BCUT2D eigenvalue weighted by atomic mass is 10.0. The first kappa shape index (κ1) is 83.0. The van der Waals surface area contributed by atoms with Crippen LogP contribution in [0.2, 0.25) is 0 Å². The first-order valence-electron chi connectivity index (χ1n) is 37.7. The van der Waals surface area contributed by atoms with Crippen LogP contribution in [-0.4, -0.2) is 70.0 Å². The molecule has 0 aromatic heterocycles. The van der Waals surface area contributed by atoms with Gasteiger partial charge in [0.05, 0.1) is 27.7 Å². The van der Waals surface area contributed by atoms with Gasteiger partial charge in [0.1, 0.15) is 19.8 Å². The smallest absolute Gasteiger partial charge is 0.306 e. The van der Waals surface area contributed by atoms with Gasteiger partial charge >= 0.3 is 11.9 Å². The van der Waals surface area contributed by atoms with E-state index in [0.717, 1.165) is 32.1 Å². The molecule has 0 amide bonds. The van der Waals surface area contributed by atoms with E-state index in [0.29, 0.717) is 17.4 Å². The summed E-state index contributed by atoms with van der Waals surface area (Å²) < 4.78 is 34.4. The minimum atomic E-state index is -4.64. The lowest BCUT2D eigenvalue weighted by Crippen LogP contribution is -2.37. The third kappa shape index (κ3) is 70.1. The van der Waals surface area contributed by atoms with Gasteiger partial charge in [-0.3, -0.25) is 14.2 Å². The fourth-order valence-corrected chi connectivity index (χ4v) is 12.6. The van der Waals surface area contributed by atoms with E-state index in [-0.39, 0.29) is 32.0 Å². The highest BCUT2D eigenvalue weighted by Crippen LogP contribution is 2.38. The minimum Gasteiger partial charge on any atom is -0.756 e. The zero-order chi connectivity index (χ0) is 61.2. The van der Waals surface area contributed by atoms with Gasteiger partial charge < -0.3 is 27.9 Å². The maximum Gasteiger partial charge on any atom is 0.306 e. The maximum atomic E-state index is 12.9. The summed E-state index contributed by atoms with van der Waals surface area (Å²) in [4.78, 5) is 38.1. The van der Waals surface area contributed by atoms with Gasteiger partial charge in [0.25, 0.3) is 7.82 Å². The average molecular weight is 1210 g/mol. The second-order valence-electron chi connectivity index (χ2n) is 27.4. The molecular weight excluding hydrogens is 1060 g/mol. The molecule has 0 aliphatic heterocycles. The highest BCUT2D eigenvalue weighted by atomic mass is 31.2. The Bertz CT molecular complexity index is 1370. The van der Waals surface area contributed by atoms with Gasteiger partial charge in [-0.05, 0) is 12.8 Å². The molecule has 0 N–H and O–H groups in total. The molecule has 1 unspecified atom stereocenters. The monoisotopic (exact) mass is 1210 g/mol. The zero-order valence-corrected chi connectivity index (χ0v) is 58.3. The van der Waals surface area contributed by atoms with Gasteiger partial charge in [-0.1, -0.05) is 386 Å². The summed E-state index contributed by atoms with van der Waals surface area (Å²) in [5.41, 5.74) is 0. The van der Waals surface area contributed by atoms with Crippen molar-refractivity contribution in [3.63, 3.8) is 0 Å². The first-order chi connectivity index (χ1) is 41.0. The van der Waals surface area contributed by atoms with Crippen molar-refractivity contribution >= 4 is 19.8 Å². The molecule has 0 heterocycles. The number of carbonyl (C=O) groups excluding carboxylic acids is 2. The number of hydrogen-bond donors (Lipinski definition) is 0. The van der Waals surface area contributed by atoms with Crippen molar-refractivity contribution in [2.45, 2.75) is 418 Å². The Hall–Kier alpha value is -0.990. The predicted molar refractivity (Wildman–Crippen MR) is 361 cm³/mol. The van der Waals surface area contributed by atoms with Crippen LogP contribution in [0.3, 0.4) is 0 Å². The van der Waals surface area contributed by atoms with Crippen molar-refractivity contribution < 1.29 is 42.1 Å². The summed E-state index contributed by atoms with van der Waals surface area (Å²) in [5.74, 6) is -0.801. The number of hydrogen-bond acceptors (Lipinski definition) is 8. The summed E-state index contributed by atoms with van der Waals surface area (Å²) in [6.07, 6.45) is 80.7. The molecule has 0 saturated heterocycles. The zero-order valence-electron chi connectivity index (χ0n) is 57.4. The summed E-state index contributed by atoms with van der Waals surface area (Å²) in [5, 5.41) is 0. The van der Waals surface area contributed by atoms with Crippen LogP contribution in [0.4, 0.5) is 0 Å². The molecule has 0 aromatic rings. The van der Waals surface area contributed by atoms with Crippen molar-refractivity contribution in [1.82, 2.24) is 0 Å². The second kappa shape index (κ2) is 66.4. The predicted octanol–water partition coefficient (Wildman–Crippen LogP) is 23.9. The van der Waals surface area contributed by atoms with Crippen molar-refractivity contribution in [2.24, 2.45) is 0 Å². The number of unbranched alkanes of at least 4 members (excludes halogenated alkanes) is 58. The highest BCUT2D eigenvalue weighted by molar-refractivity contribution is 7.45. The van der Waals surface area contributed by atoms with E-state index in [1.807, 2.05) is 21.1 Å². The van der Waals surface area contributed by atoms with E-state index in [4.69, 9.17) is 18.5 Å². The number of phosphoric ester groups is 1. The summed E-state index contributed by atoms with van der Waals surface area (Å²) in [6.45, 7) is 4.35. The number of rotatable bonds is 72. The lowest BCUT2D eigenvalue weighted by Gasteiger charge is -2.28. The van der Waals surface area contributed by atoms with Crippen LogP contribution in [0, 0.1) is 0 Å². The molecule has 502 valence electrons. The molecule has 0 bridgehead atoms. The SMILES string of the molecule is CCCCCCCCCCCCCCCCCCCCCCCCCCCCCCCCC(=O)OC[C@H](COP(=O)([O-])OCC[N+](C)(C)C)OC(=O)CCCCCCCCCCCCCCCCCCCCCCCCCCCCCCCC. The number of nitrogens with zero attached hydrogens (tertiary/aromatic N) is 1. The third-order valence-electron chi connectivity index (χ3n) is 17.6. The molecule has 9 nitrogen and oxygen atoms in total. The lowest BCUT2D eigenvalue weighted by molar-refractivity contribution is -0.870. The Morgan fingerprint density at radius 2 is 0.536 bits per heavy atom. The third-order valence-corrected chi connectivity index (χ3v) is 18.6. The maximum absolute atomic E-state index is 12.9. The Balaban J connectivity index is 3.93. The molecule has 0 fully saturated rings. The van der Waals surface area contributed by atoms with Crippen LogP contribution in [-0.2, 0) is 32.7 Å². The Kier molecular flexibility index (Phi) is 65.6. The first-order valence-corrected chi connectivity index (χ1v) is 39.2. The van der Waals surface area contributed by atoms with Crippen molar-refractivity contribution in [2.75, 3.05) is 47.5 Å². The number of carbonyl (C=O) groups is 2. The molecule has 84 heavy (non-hydrogen) atoms. The Morgan fingerprint density at radius 1 is 0.321 bits per heavy atom. The molecule has 0 aliphatic carbocycles. The number of phosphoric acid groups is 1. The van der Waals surface area contributed by atoms with Crippen LogP contribution in [0.25, 0.3) is 0 Å². The normalized spacial score (nSPS) is 13.0. The van der Waals surface area contributed by atoms with Crippen LogP contribution < -0.4 is 4.89 Å². The minimum absolute atomic E-state index is 0.0247. The molecule has 0 spiro atoms. The number of likely N-dealkylation sites (N-methyl/N-ethyl adjacent to an activating group) is 1. The van der Waals surface area contributed by atoms with Crippen LogP contribution >= 0.6 is 7.82 Å². The van der Waals surface area contributed by atoms with Gasteiger partial charge in [-0.25, -0.2) is 0 Å². The molecule has 0 rings (SSSR count). The number of quaternary nitrogens is 1. The number of esters is 2. The Labute approximate surface area is 524 Å². The summed E-state index contributed by atoms with van der Waals surface area (Å²) in [6, 6.07) is 0. The molecule has 0 aliphatic rings. The van der Waals surface area contributed by atoms with Gasteiger partial charge in [0, 0.05) is 12.8 Å². The quantitative estimate of drug-likeness (QED) is 0.0256. The van der Waals surface area contributed by atoms with E-state index in [9.17, 15) is 19.0 Å². The molecule has 0 radical (unpaired) electrons. The van der Waals surface area contributed by atoms with E-state index in [2.05, 4.69) is 13.8 Å². The van der Waals surface area contributed by atoms with Gasteiger partial charge in [0.15, 0.2) is 6.10 Å². The average Bonchev–Trinajstić information content (AvgIpc) is 3.52. The van der Waals surface area contributed by atoms with Crippen molar-refractivity contribution in [3.8, 4) is 0 Å². The van der Waals surface area contributed by atoms with Gasteiger partial charge in [-0.2, -0.15) is 0 Å². The van der Waals surface area contributed by atoms with Crippen LogP contribution in [0.5, 0.6) is 0 Å². The molecule has 2 atom stereocenters. The summed E-state index contributed by atoms with van der Waals surface area (Å²) >= 11 is 0. The molecule has 0 aromatic carbocycles. The largest absolute Gasteiger partial charge is 0.756 e. The number of ether oxygens (including phenoxy) is 2. The van der Waals surface area contributed by atoms with Crippen LogP contribution in [0.1, 0.15) is 412 Å². The second-order valence-corrected chi connectivity index (χ2v) is 28.8. The fourth-order valence-electron chi connectivity index (χ4n) is 11.8.